The molecule has 0 aliphatic heterocycles. The van der Waals surface area contributed by atoms with Crippen LogP contribution >= 0.6 is 12.2 Å². The molecule has 20 heavy (non-hydrogen) atoms. The Bertz CT molecular complexity index is 656. The molecule has 5 nitrogen and oxygen atoms in total. The van der Waals surface area contributed by atoms with Crippen molar-refractivity contribution >= 4 is 18.2 Å². The Morgan fingerprint density at radius 1 is 1.45 bits per heavy atom. The standard InChI is InChI=1S/C14H19N5S/c1-3-18(9-11-6-4-5-10(2)15-11)13-16-17-14(20)19(13)12-7-8-12/h4-6,12H,3,7-9H2,1-2H3,(H,17,20). The van der Waals surface area contributed by atoms with Crippen molar-refractivity contribution in [3.05, 3.63) is 34.4 Å². The average Bonchev–Trinajstić information content (AvgIpc) is 3.19. The second-order valence-electron chi connectivity index (χ2n) is 5.21. The molecule has 6 heteroatoms. The first-order valence-electron chi connectivity index (χ1n) is 7.03. The van der Waals surface area contributed by atoms with Crippen molar-refractivity contribution in [1.82, 2.24) is 19.7 Å². The highest BCUT2D eigenvalue weighted by Gasteiger charge is 2.29. The normalized spacial score (nSPS) is 14.5. The summed E-state index contributed by atoms with van der Waals surface area (Å²) in [6, 6.07) is 6.64. The summed E-state index contributed by atoms with van der Waals surface area (Å²) in [5.74, 6) is 0.934. The lowest BCUT2D eigenvalue weighted by atomic mass is 10.3. The van der Waals surface area contributed by atoms with E-state index in [0.29, 0.717) is 6.04 Å². The molecule has 1 N–H and O–H groups in total. The summed E-state index contributed by atoms with van der Waals surface area (Å²) in [4.78, 5) is 6.78. The maximum absolute atomic E-state index is 5.34. The predicted octanol–water partition coefficient (Wildman–Crippen LogP) is 3.01. The maximum Gasteiger partial charge on any atom is 0.226 e. The van der Waals surface area contributed by atoms with Gasteiger partial charge in [-0.15, -0.1) is 5.10 Å². The fourth-order valence-corrected chi connectivity index (χ4v) is 2.66. The second-order valence-corrected chi connectivity index (χ2v) is 5.60. The number of pyridine rings is 1. The van der Waals surface area contributed by atoms with E-state index in [1.54, 1.807) is 0 Å². The summed E-state index contributed by atoms with van der Waals surface area (Å²) < 4.78 is 2.87. The number of hydrogen-bond acceptors (Lipinski definition) is 4. The van der Waals surface area contributed by atoms with E-state index in [1.807, 2.05) is 19.1 Å². The van der Waals surface area contributed by atoms with E-state index in [2.05, 4.69) is 37.6 Å². The molecule has 0 atom stereocenters. The van der Waals surface area contributed by atoms with Gasteiger partial charge in [0.25, 0.3) is 0 Å². The van der Waals surface area contributed by atoms with E-state index in [9.17, 15) is 0 Å². The number of anilines is 1. The van der Waals surface area contributed by atoms with Crippen molar-refractivity contribution in [2.75, 3.05) is 11.4 Å². The van der Waals surface area contributed by atoms with Gasteiger partial charge in [-0.3, -0.25) is 9.55 Å². The van der Waals surface area contributed by atoms with Crippen molar-refractivity contribution in [2.45, 2.75) is 39.3 Å². The SMILES string of the molecule is CCN(Cc1cccc(C)n1)c1n[nH]c(=S)n1C1CC1. The van der Waals surface area contributed by atoms with Gasteiger partial charge >= 0.3 is 0 Å². The van der Waals surface area contributed by atoms with E-state index in [1.165, 1.54) is 12.8 Å². The van der Waals surface area contributed by atoms with E-state index in [4.69, 9.17) is 12.2 Å². The molecule has 2 aromatic heterocycles. The van der Waals surface area contributed by atoms with Gasteiger partial charge in [0.05, 0.1) is 12.2 Å². The maximum atomic E-state index is 5.34. The van der Waals surface area contributed by atoms with Gasteiger partial charge in [-0.25, -0.2) is 5.10 Å². The van der Waals surface area contributed by atoms with Gasteiger partial charge in [0.15, 0.2) is 4.77 Å². The van der Waals surface area contributed by atoms with Gasteiger partial charge < -0.3 is 4.90 Å². The first-order valence-corrected chi connectivity index (χ1v) is 7.44. The molecule has 0 spiro atoms. The quantitative estimate of drug-likeness (QED) is 0.860. The number of aromatic amines is 1. The Hall–Kier alpha value is -1.69. The van der Waals surface area contributed by atoms with Crippen molar-refractivity contribution in [1.29, 1.82) is 0 Å². The third-order valence-corrected chi connectivity index (χ3v) is 3.85. The summed E-state index contributed by atoms with van der Waals surface area (Å²) >= 11 is 5.34. The van der Waals surface area contributed by atoms with E-state index in [0.717, 1.165) is 35.2 Å². The van der Waals surface area contributed by atoms with Gasteiger partial charge in [0.2, 0.25) is 5.95 Å². The number of rotatable bonds is 5. The van der Waals surface area contributed by atoms with Crippen LogP contribution in [0.2, 0.25) is 0 Å². The monoisotopic (exact) mass is 289 g/mol. The third kappa shape index (κ3) is 2.60. The zero-order valence-corrected chi connectivity index (χ0v) is 12.7. The number of H-pyrrole nitrogens is 1. The molecular formula is C14H19N5S. The fraction of sp³-hybridized carbons (Fsp3) is 0.500. The van der Waals surface area contributed by atoms with Gasteiger partial charge in [-0.2, -0.15) is 0 Å². The highest BCUT2D eigenvalue weighted by Crippen LogP contribution is 2.37. The molecule has 0 amide bonds. The molecule has 1 fully saturated rings. The molecule has 1 aliphatic rings. The topological polar surface area (TPSA) is 49.7 Å². The average molecular weight is 289 g/mol. The van der Waals surface area contributed by atoms with Crippen LogP contribution in [0, 0.1) is 11.7 Å². The van der Waals surface area contributed by atoms with E-state index >= 15 is 0 Å². The molecule has 0 aromatic carbocycles. The lowest BCUT2D eigenvalue weighted by Gasteiger charge is -2.22. The minimum absolute atomic E-state index is 0.524. The Morgan fingerprint density at radius 3 is 2.90 bits per heavy atom. The molecule has 3 rings (SSSR count). The van der Waals surface area contributed by atoms with E-state index < -0.39 is 0 Å². The highest BCUT2D eigenvalue weighted by molar-refractivity contribution is 7.71. The molecular weight excluding hydrogens is 270 g/mol. The third-order valence-electron chi connectivity index (χ3n) is 3.56. The number of aromatic nitrogens is 4. The van der Waals surface area contributed by atoms with Crippen molar-refractivity contribution in [2.24, 2.45) is 0 Å². The van der Waals surface area contributed by atoms with Gasteiger partial charge in [-0.05, 0) is 51.0 Å². The molecule has 106 valence electrons. The van der Waals surface area contributed by atoms with Crippen LogP contribution in [0.4, 0.5) is 5.95 Å². The van der Waals surface area contributed by atoms with Crippen LogP contribution < -0.4 is 4.90 Å². The van der Waals surface area contributed by atoms with Crippen LogP contribution in [0.25, 0.3) is 0 Å². The van der Waals surface area contributed by atoms with Gasteiger partial charge in [0.1, 0.15) is 0 Å². The molecule has 1 aliphatic carbocycles. The molecule has 0 saturated heterocycles. The Balaban J connectivity index is 1.88. The Kier molecular flexibility index (Phi) is 3.56. The van der Waals surface area contributed by atoms with E-state index in [-0.39, 0.29) is 0 Å². The minimum Gasteiger partial charge on any atom is -0.335 e. The van der Waals surface area contributed by atoms with Crippen LogP contribution in [-0.4, -0.2) is 26.3 Å². The number of nitrogens with one attached hydrogen (secondary N) is 1. The van der Waals surface area contributed by atoms with Crippen LogP contribution in [0.5, 0.6) is 0 Å². The van der Waals surface area contributed by atoms with Gasteiger partial charge in [-0.1, -0.05) is 6.07 Å². The minimum atomic E-state index is 0.524. The molecule has 0 unspecified atom stereocenters. The van der Waals surface area contributed by atoms with Crippen LogP contribution in [0.1, 0.15) is 37.2 Å². The number of aryl methyl sites for hydroxylation is 1. The second kappa shape index (κ2) is 5.36. The van der Waals surface area contributed by atoms with Crippen LogP contribution in [-0.2, 0) is 6.54 Å². The first-order chi connectivity index (χ1) is 9.69. The first kappa shape index (κ1) is 13.3. The van der Waals surface area contributed by atoms with Crippen molar-refractivity contribution < 1.29 is 0 Å². The van der Waals surface area contributed by atoms with Crippen LogP contribution in [0.15, 0.2) is 18.2 Å². The molecule has 2 aromatic rings. The Morgan fingerprint density at radius 2 is 2.25 bits per heavy atom. The smallest absolute Gasteiger partial charge is 0.226 e. The lowest BCUT2D eigenvalue weighted by Crippen LogP contribution is -2.26. The molecule has 0 radical (unpaired) electrons. The summed E-state index contributed by atoms with van der Waals surface area (Å²) in [5, 5.41) is 7.33. The summed E-state index contributed by atoms with van der Waals surface area (Å²) in [6.07, 6.45) is 2.39. The lowest BCUT2D eigenvalue weighted by molar-refractivity contribution is 0.677. The largest absolute Gasteiger partial charge is 0.335 e. The number of nitrogens with zero attached hydrogens (tertiary/aromatic N) is 4. The summed E-state index contributed by atoms with van der Waals surface area (Å²) in [6.45, 7) is 5.78. The zero-order chi connectivity index (χ0) is 14.1. The highest BCUT2D eigenvalue weighted by atomic mass is 32.1. The fourth-order valence-electron chi connectivity index (χ4n) is 2.39. The van der Waals surface area contributed by atoms with Crippen molar-refractivity contribution in [3.8, 4) is 0 Å². The van der Waals surface area contributed by atoms with Crippen LogP contribution in [0.3, 0.4) is 0 Å². The van der Waals surface area contributed by atoms with Gasteiger partial charge in [0, 0.05) is 18.3 Å². The molecule has 1 saturated carbocycles. The zero-order valence-electron chi connectivity index (χ0n) is 11.8. The molecule has 2 heterocycles. The van der Waals surface area contributed by atoms with Crippen molar-refractivity contribution in [3.63, 3.8) is 0 Å². The summed E-state index contributed by atoms with van der Waals surface area (Å²) in [5.41, 5.74) is 2.10. The Labute approximate surface area is 123 Å². The number of hydrogen-bond donors (Lipinski definition) is 1. The summed E-state index contributed by atoms with van der Waals surface area (Å²) in [7, 11) is 0. The predicted molar refractivity (Wildman–Crippen MR) is 81.4 cm³/mol. The molecule has 0 bridgehead atoms.